The van der Waals surface area contributed by atoms with E-state index in [1.807, 2.05) is 4.90 Å². The van der Waals surface area contributed by atoms with Gasteiger partial charge in [-0.1, -0.05) is 0 Å². The molecule has 0 aliphatic carbocycles. The van der Waals surface area contributed by atoms with Gasteiger partial charge in [0.1, 0.15) is 0 Å². The molecule has 27 heavy (non-hydrogen) atoms. The van der Waals surface area contributed by atoms with E-state index in [1.54, 1.807) is 0 Å². The molecule has 1 aromatic rings. The first-order valence-corrected chi connectivity index (χ1v) is 9.31. The number of aromatic nitrogens is 2. The van der Waals surface area contributed by atoms with Crippen molar-refractivity contribution in [1.82, 2.24) is 15.3 Å². The lowest BCUT2D eigenvalue weighted by molar-refractivity contribution is -0.134. The Bertz CT molecular complexity index is 660. The predicted octanol–water partition coefficient (Wildman–Crippen LogP) is 2.63. The Morgan fingerprint density at radius 1 is 1.37 bits per heavy atom. The molecule has 6 nitrogen and oxygen atoms in total. The van der Waals surface area contributed by atoms with Gasteiger partial charge in [0, 0.05) is 44.9 Å². The Kier molecular flexibility index (Phi) is 5.88. The van der Waals surface area contributed by atoms with E-state index in [1.165, 1.54) is 19.2 Å². The lowest BCUT2D eigenvalue weighted by atomic mass is 9.88. The van der Waals surface area contributed by atoms with Crippen LogP contribution in [0.4, 0.5) is 19.1 Å². The molecule has 1 amide bonds. The summed E-state index contributed by atoms with van der Waals surface area (Å²) in [6.45, 7) is 3.43. The number of halogens is 3. The fourth-order valence-corrected chi connectivity index (χ4v) is 3.72. The molecule has 2 fully saturated rings. The monoisotopic (exact) mass is 386 g/mol. The Balaban J connectivity index is 1.53. The van der Waals surface area contributed by atoms with Gasteiger partial charge >= 0.3 is 6.18 Å². The maximum Gasteiger partial charge on any atom is 0.389 e. The molecule has 0 radical (unpaired) electrons. The molecule has 0 saturated carbocycles. The zero-order chi connectivity index (χ0) is 19.5. The van der Waals surface area contributed by atoms with Crippen molar-refractivity contribution in [3.8, 4) is 0 Å². The van der Waals surface area contributed by atoms with Gasteiger partial charge in [-0.25, -0.2) is 9.97 Å². The van der Waals surface area contributed by atoms with E-state index < -0.39 is 12.6 Å². The molecule has 0 bridgehead atoms. The molecular weight excluding hydrogens is 361 g/mol. The Labute approximate surface area is 156 Å². The molecule has 1 atom stereocenters. The highest BCUT2D eigenvalue weighted by Crippen LogP contribution is 2.39. The van der Waals surface area contributed by atoms with Crippen molar-refractivity contribution in [3.05, 3.63) is 18.0 Å². The van der Waals surface area contributed by atoms with Crippen LogP contribution in [0.3, 0.4) is 0 Å². The second-order valence-electron chi connectivity index (χ2n) is 7.35. The third-order valence-electron chi connectivity index (χ3n) is 5.24. The number of piperidine rings is 1. The molecular formula is C18H25F3N4O2. The number of anilines is 1. The van der Waals surface area contributed by atoms with Crippen LogP contribution in [0.25, 0.3) is 0 Å². The number of amides is 1. The topological polar surface area (TPSA) is 67.4 Å². The predicted molar refractivity (Wildman–Crippen MR) is 93.4 cm³/mol. The van der Waals surface area contributed by atoms with E-state index in [4.69, 9.17) is 4.74 Å². The fourth-order valence-electron chi connectivity index (χ4n) is 3.72. The van der Waals surface area contributed by atoms with Gasteiger partial charge in [0.15, 0.2) is 0 Å². The van der Waals surface area contributed by atoms with Crippen LogP contribution in [0.15, 0.2) is 12.3 Å². The van der Waals surface area contributed by atoms with Crippen molar-refractivity contribution in [1.29, 1.82) is 0 Å². The Morgan fingerprint density at radius 3 is 2.78 bits per heavy atom. The highest BCUT2D eigenvalue weighted by Gasteiger charge is 2.42. The van der Waals surface area contributed by atoms with Crippen molar-refractivity contribution in [2.75, 3.05) is 24.5 Å². The minimum Gasteiger partial charge on any atom is -0.370 e. The van der Waals surface area contributed by atoms with Crippen LogP contribution in [0.5, 0.6) is 0 Å². The molecule has 3 heterocycles. The number of carbonyl (C=O) groups excluding carboxylic acids is 1. The van der Waals surface area contributed by atoms with Crippen LogP contribution in [-0.4, -0.2) is 53.4 Å². The highest BCUT2D eigenvalue weighted by molar-refractivity contribution is 5.72. The summed E-state index contributed by atoms with van der Waals surface area (Å²) in [5.74, 6) is 0.425. The van der Waals surface area contributed by atoms with Crippen molar-refractivity contribution < 1.29 is 22.7 Å². The van der Waals surface area contributed by atoms with Crippen LogP contribution in [0, 0.1) is 0 Å². The van der Waals surface area contributed by atoms with E-state index in [2.05, 4.69) is 15.3 Å². The first-order chi connectivity index (χ1) is 12.7. The highest BCUT2D eigenvalue weighted by atomic mass is 19.4. The molecule has 1 N–H and O–H groups in total. The molecule has 1 spiro atoms. The number of nitrogens with one attached hydrogen (secondary N) is 1. The van der Waals surface area contributed by atoms with Gasteiger partial charge in [0.2, 0.25) is 11.9 Å². The first-order valence-electron chi connectivity index (χ1n) is 9.31. The smallest absolute Gasteiger partial charge is 0.370 e. The van der Waals surface area contributed by atoms with Crippen LogP contribution < -0.4 is 10.2 Å². The SMILES string of the molecule is CC(=O)NCC1CCC2(CCN(c3nccc(CCC(F)(F)F)n3)CC2)O1. The minimum atomic E-state index is -4.18. The van der Waals surface area contributed by atoms with Gasteiger partial charge in [-0.3, -0.25) is 4.79 Å². The Hall–Kier alpha value is -1.90. The normalized spacial score (nSPS) is 22.2. The first kappa shape index (κ1) is 19.9. The fraction of sp³-hybridized carbons (Fsp3) is 0.722. The summed E-state index contributed by atoms with van der Waals surface area (Å²) in [6.07, 6.45) is -0.117. The number of rotatable bonds is 5. The summed E-state index contributed by atoms with van der Waals surface area (Å²) >= 11 is 0. The molecule has 0 aromatic carbocycles. The van der Waals surface area contributed by atoms with E-state index in [0.29, 0.717) is 31.3 Å². The van der Waals surface area contributed by atoms with Crippen LogP contribution >= 0.6 is 0 Å². The van der Waals surface area contributed by atoms with E-state index in [9.17, 15) is 18.0 Å². The average Bonchev–Trinajstić information content (AvgIpc) is 3.01. The molecule has 1 aromatic heterocycles. The van der Waals surface area contributed by atoms with Crippen molar-refractivity contribution in [2.45, 2.75) is 63.3 Å². The number of nitrogens with zero attached hydrogens (tertiary/aromatic N) is 3. The summed E-state index contributed by atoms with van der Waals surface area (Å²) in [5, 5.41) is 2.80. The Morgan fingerprint density at radius 2 is 2.11 bits per heavy atom. The molecule has 2 aliphatic heterocycles. The molecule has 2 aliphatic rings. The molecule has 150 valence electrons. The number of alkyl halides is 3. The summed E-state index contributed by atoms with van der Waals surface area (Å²) in [5.41, 5.74) is 0.234. The van der Waals surface area contributed by atoms with Crippen molar-refractivity contribution in [2.24, 2.45) is 0 Å². The molecule has 3 rings (SSSR count). The maximum absolute atomic E-state index is 12.4. The number of aryl methyl sites for hydroxylation is 1. The minimum absolute atomic E-state index is 0.0439. The van der Waals surface area contributed by atoms with Crippen molar-refractivity contribution in [3.63, 3.8) is 0 Å². The summed E-state index contributed by atoms with van der Waals surface area (Å²) in [7, 11) is 0. The van der Waals surface area contributed by atoms with Gasteiger partial charge in [-0.15, -0.1) is 0 Å². The van der Waals surface area contributed by atoms with E-state index >= 15 is 0 Å². The molecule has 2 saturated heterocycles. The summed E-state index contributed by atoms with van der Waals surface area (Å²) < 4.78 is 43.4. The van der Waals surface area contributed by atoms with Gasteiger partial charge in [0.05, 0.1) is 11.7 Å². The zero-order valence-electron chi connectivity index (χ0n) is 15.4. The third-order valence-corrected chi connectivity index (χ3v) is 5.24. The number of carbonyl (C=O) groups is 1. The van der Waals surface area contributed by atoms with Gasteiger partial charge in [-0.05, 0) is 38.2 Å². The maximum atomic E-state index is 12.4. The zero-order valence-corrected chi connectivity index (χ0v) is 15.4. The molecule has 9 heteroatoms. The quantitative estimate of drug-likeness (QED) is 0.843. The summed E-state index contributed by atoms with van der Waals surface area (Å²) in [6, 6.07) is 1.54. The summed E-state index contributed by atoms with van der Waals surface area (Å²) in [4.78, 5) is 21.6. The van der Waals surface area contributed by atoms with E-state index in [0.717, 1.165) is 25.7 Å². The number of hydrogen-bond acceptors (Lipinski definition) is 5. The van der Waals surface area contributed by atoms with Crippen LogP contribution in [0.2, 0.25) is 0 Å². The lowest BCUT2D eigenvalue weighted by Gasteiger charge is -2.39. The van der Waals surface area contributed by atoms with Gasteiger partial charge in [-0.2, -0.15) is 13.2 Å². The van der Waals surface area contributed by atoms with E-state index in [-0.39, 0.29) is 24.0 Å². The second kappa shape index (κ2) is 8.00. The number of hydrogen-bond donors (Lipinski definition) is 1. The third kappa shape index (κ3) is 5.54. The van der Waals surface area contributed by atoms with Gasteiger partial charge < -0.3 is 15.0 Å². The largest absolute Gasteiger partial charge is 0.389 e. The molecule has 1 unspecified atom stereocenters. The second-order valence-corrected chi connectivity index (χ2v) is 7.35. The lowest BCUT2D eigenvalue weighted by Crippen LogP contribution is -2.45. The standard InChI is InChI=1S/C18H25F3N4O2/c1-13(26)23-12-15-3-5-17(27-15)7-10-25(11-8-17)16-22-9-4-14(24-16)2-6-18(19,20)21/h4,9,15H,2-3,5-8,10-12H2,1H3,(H,23,26). The average molecular weight is 386 g/mol. The van der Waals surface area contributed by atoms with Gasteiger partial charge in [0.25, 0.3) is 0 Å². The number of ether oxygens (including phenoxy) is 1. The van der Waals surface area contributed by atoms with Crippen LogP contribution in [-0.2, 0) is 16.0 Å². The van der Waals surface area contributed by atoms with Crippen molar-refractivity contribution >= 4 is 11.9 Å². The van der Waals surface area contributed by atoms with Crippen LogP contribution in [0.1, 0.15) is 44.7 Å².